The van der Waals surface area contributed by atoms with Crippen LogP contribution in [0, 0.1) is 0 Å². The highest BCUT2D eigenvalue weighted by molar-refractivity contribution is 7.88. The SMILES string of the molecule is CS(=O)(=O)NCCCNC(=O)c1cccc(N)c1O. The van der Waals surface area contributed by atoms with E-state index >= 15 is 0 Å². The maximum Gasteiger partial charge on any atom is 0.255 e. The largest absolute Gasteiger partial charge is 0.505 e. The Labute approximate surface area is 111 Å². The summed E-state index contributed by atoms with van der Waals surface area (Å²) in [7, 11) is -3.21. The summed E-state index contributed by atoms with van der Waals surface area (Å²) in [6.07, 6.45) is 1.51. The van der Waals surface area contributed by atoms with Crippen molar-refractivity contribution in [2.45, 2.75) is 6.42 Å². The molecule has 0 bridgehead atoms. The Kier molecular flexibility index (Phi) is 5.13. The maximum absolute atomic E-state index is 11.7. The lowest BCUT2D eigenvalue weighted by molar-refractivity contribution is 0.0951. The molecule has 0 radical (unpaired) electrons. The molecule has 1 aromatic carbocycles. The van der Waals surface area contributed by atoms with Crippen molar-refractivity contribution in [3.63, 3.8) is 0 Å². The first-order valence-electron chi connectivity index (χ1n) is 5.61. The molecule has 0 saturated heterocycles. The molecule has 1 amide bonds. The third-order valence-corrected chi connectivity index (χ3v) is 3.04. The number of carbonyl (C=O) groups excluding carboxylic acids is 1. The molecule has 0 atom stereocenters. The van der Waals surface area contributed by atoms with E-state index < -0.39 is 15.9 Å². The number of nitrogens with one attached hydrogen (secondary N) is 2. The Morgan fingerprint density at radius 1 is 1.37 bits per heavy atom. The van der Waals surface area contributed by atoms with Crippen molar-refractivity contribution in [3.05, 3.63) is 23.8 Å². The van der Waals surface area contributed by atoms with Gasteiger partial charge in [0.1, 0.15) is 0 Å². The second-order valence-corrected chi connectivity index (χ2v) is 5.85. The number of sulfonamides is 1. The first kappa shape index (κ1) is 15.3. The lowest BCUT2D eigenvalue weighted by Crippen LogP contribution is -2.29. The zero-order chi connectivity index (χ0) is 14.5. The van der Waals surface area contributed by atoms with Gasteiger partial charge in [0.05, 0.1) is 17.5 Å². The number of rotatable bonds is 6. The minimum absolute atomic E-state index is 0.0936. The minimum atomic E-state index is -3.21. The van der Waals surface area contributed by atoms with Crippen molar-refractivity contribution in [3.8, 4) is 5.75 Å². The van der Waals surface area contributed by atoms with Crippen molar-refractivity contribution in [1.82, 2.24) is 10.0 Å². The molecule has 0 saturated carbocycles. The Bertz CT molecular complexity index is 557. The van der Waals surface area contributed by atoms with Crippen LogP contribution in [-0.2, 0) is 10.0 Å². The fourth-order valence-corrected chi connectivity index (χ4v) is 1.90. The topological polar surface area (TPSA) is 122 Å². The van der Waals surface area contributed by atoms with E-state index in [-0.39, 0.29) is 30.1 Å². The molecule has 0 heterocycles. The van der Waals surface area contributed by atoms with Gasteiger partial charge in [0.25, 0.3) is 5.91 Å². The van der Waals surface area contributed by atoms with Crippen molar-refractivity contribution in [2.75, 3.05) is 25.1 Å². The number of amides is 1. The smallest absolute Gasteiger partial charge is 0.255 e. The van der Waals surface area contributed by atoms with Gasteiger partial charge in [0.2, 0.25) is 10.0 Å². The Hall–Kier alpha value is -1.80. The monoisotopic (exact) mass is 287 g/mol. The fourth-order valence-electron chi connectivity index (χ4n) is 1.39. The average Bonchev–Trinajstić information content (AvgIpc) is 2.30. The Morgan fingerprint density at radius 3 is 2.68 bits per heavy atom. The van der Waals surface area contributed by atoms with E-state index in [0.29, 0.717) is 6.42 Å². The number of phenols is 1. The number of nitrogen functional groups attached to an aromatic ring is 1. The second-order valence-electron chi connectivity index (χ2n) is 4.02. The molecule has 0 aromatic heterocycles. The molecule has 0 spiro atoms. The van der Waals surface area contributed by atoms with E-state index in [1.807, 2.05) is 0 Å². The van der Waals surface area contributed by atoms with E-state index in [2.05, 4.69) is 10.0 Å². The first-order valence-corrected chi connectivity index (χ1v) is 7.50. The van der Waals surface area contributed by atoms with E-state index in [0.717, 1.165) is 6.26 Å². The number of nitrogens with two attached hydrogens (primary N) is 1. The average molecular weight is 287 g/mol. The highest BCUT2D eigenvalue weighted by atomic mass is 32.2. The minimum Gasteiger partial charge on any atom is -0.505 e. The number of hydrogen-bond donors (Lipinski definition) is 4. The van der Waals surface area contributed by atoms with E-state index in [9.17, 15) is 18.3 Å². The van der Waals surface area contributed by atoms with Gasteiger partial charge in [0.15, 0.2) is 5.75 Å². The van der Waals surface area contributed by atoms with E-state index in [1.54, 1.807) is 6.07 Å². The van der Waals surface area contributed by atoms with Gasteiger partial charge in [-0.05, 0) is 18.6 Å². The highest BCUT2D eigenvalue weighted by Crippen LogP contribution is 2.23. The summed E-state index contributed by atoms with van der Waals surface area (Å²) in [6, 6.07) is 4.51. The molecule has 19 heavy (non-hydrogen) atoms. The summed E-state index contributed by atoms with van der Waals surface area (Å²) >= 11 is 0. The zero-order valence-electron chi connectivity index (χ0n) is 10.5. The molecule has 7 nitrogen and oxygen atoms in total. The van der Waals surface area contributed by atoms with Gasteiger partial charge < -0.3 is 16.2 Å². The van der Waals surface area contributed by atoms with Crippen LogP contribution in [0.15, 0.2) is 18.2 Å². The zero-order valence-corrected chi connectivity index (χ0v) is 11.3. The second kappa shape index (κ2) is 6.39. The molecule has 0 aliphatic heterocycles. The molecule has 0 aliphatic carbocycles. The normalized spacial score (nSPS) is 11.2. The van der Waals surface area contributed by atoms with Crippen LogP contribution >= 0.6 is 0 Å². The molecule has 0 unspecified atom stereocenters. The van der Waals surface area contributed by atoms with Gasteiger partial charge in [-0.3, -0.25) is 4.79 Å². The van der Waals surface area contributed by atoms with Crippen LogP contribution in [0.4, 0.5) is 5.69 Å². The lowest BCUT2D eigenvalue weighted by atomic mass is 10.1. The van der Waals surface area contributed by atoms with Gasteiger partial charge in [-0.2, -0.15) is 0 Å². The summed E-state index contributed by atoms with van der Waals surface area (Å²) < 4.78 is 23.9. The van der Waals surface area contributed by atoms with Gasteiger partial charge in [-0.15, -0.1) is 0 Å². The molecular weight excluding hydrogens is 270 g/mol. The number of anilines is 1. The lowest BCUT2D eigenvalue weighted by Gasteiger charge is -2.08. The number of para-hydroxylation sites is 1. The summed E-state index contributed by atoms with van der Waals surface area (Å²) in [6.45, 7) is 0.525. The Balaban J connectivity index is 2.42. The van der Waals surface area contributed by atoms with Gasteiger partial charge in [-0.1, -0.05) is 6.07 Å². The number of benzene rings is 1. The van der Waals surface area contributed by atoms with Crippen LogP contribution in [-0.4, -0.2) is 38.8 Å². The standard InChI is InChI=1S/C11H17N3O4S/c1-19(17,18)14-7-3-6-13-11(16)8-4-2-5-9(12)10(8)15/h2,4-5,14-15H,3,6-7,12H2,1H3,(H,13,16). The van der Waals surface area contributed by atoms with Crippen molar-refractivity contribution in [1.29, 1.82) is 0 Å². The van der Waals surface area contributed by atoms with Crippen molar-refractivity contribution in [2.24, 2.45) is 0 Å². The third kappa shape index (κ3) is 5.14. The molecule has 1 aromatic rings. The van der Waals surface area contributed by atoms with Crippen LogP contribution in [0.1, 0.15) is 16.8 Å². The third-order valence-electron chi connectivity index (χ3n) is 2.32. The Morgan fingerprint density at radius 2 is 2.05 bits per heavy atom. The number of phenolic OH excluding ortho intramolecular Hbond substituents is 1. The predicted octanol–water partition coefficient (Wildman–Crippen LogP) is -0.357. The van der Waals surface area contributed by atoms with Crippen molar-refractivity contribution < 1.29 is 18.3 Å². The van der Waals surface area contributed by atoms with Gasteiger partial charge in [-0.25, -0.2) is 13.1 Å². The van der Waals surface area contributed by atoms with E-state index in [4.69, 9.17) is 5.73 Å². The molecule has 0 aliphatic rings. The number of carbonyl (C=O) groups is 1. The molecule has 0 fully saturated rings. The molecule has 1 rings (SSSR count). The van der Waals surface area contributed by atoms with Crippen LogP contribution in [0.25, 0.3) is 0 Å². The highest BCUT2D eigenvalue weighted by Gasteiger charge is 2.12. The van der Waals surface area contributed by atoms with Crippen LogP contribution in [0.3, 0.4) is 0 Å². The summed E-state index contributed by atoms with van der Waals surface area (Å²) in [5, 5.41) is 12.2. The molecule has 5 N–H and O–H groups in total. The summed E-state index contributed by atoms with van der Waals surface area (Å²) in [5.41, 5.74) is 5.70. The maximum atomic E-state index is 11.7. The quantitative estimate of drug-likeness (QED) is 0.323. The number of hydrogen-bond acceptors (Lipinski definition) is 5. The van der Waals surface area contributed by atoms with Crippen LogP contribution < -0.4 is 15.8 Å². The number of aromatic hydroxyl groups is 1. The van der Waals surface area contributed by atoms with Gasteiger partial charge in [0, 0.05) is 13.1 Å². The molecular formula is C11H17N3O4S. The summed E-state index contributed by atoms with van der Waals surface area (Å²) in [4.78, 5) is 11.7. The van der Waals surface area contributed by atoms with E-state index in [1.165, 1.54) is 12.1 Å². The van der Waals surface area contributed by atoms with Gasteiger partial charge >= 0.3 is 0 Å². The molecule has 106 valence electrons. The van der Waals surface area contributed by atoms with Crippen LogP contribution in [0.5, 0.6) is 5.75 Å². The van der Waals surface area contributed by atoms with Crippen LogP contribution in [0.2, 0.25) is 0 Å². The van der Waals surface area contributed by atoms with Crippen molar-refractivity contribution >= 4 is 21.6 Å². The summed E-state index contributed by atoms with van der Waals surface area (Å²) in [5.74, 6) is -0.710. The fraction of sp³-hybridized carbons (Fsp3) is 0.364. The predicted molar refractivity (Wildman–Crippen MR) is 72.3 cm³/mol. The first-order chi connectivity index (χ1) is 8.81. The molecule has 8 heteroatoms.